The highest BCUT2D eigenvalue weighted by atomic mass is 16.5. The van der Waals surface area contributed by atoms with Crippen LogP contribution in [0.25, 0.3) is 0 Å². The molecule has 0 radical (unpaired) electrons. The molecule has 1 aromatic carbocycles. The quantitative estimate of drug-likeness (QED) is 0.890. The lowest BCUT2D eigenvalue weighted by molar-refractivity contribution is 0.104. The fourth-order valence-electron chi connectivity index (χ4n) is 2.66. The van der Waals surface area contributed by atoms with Crippen LogP contribution in [0.1, 0.15) is 18.0 Å². The van der Waals surface area contributed by atoms with Gasteiger partial charge in [-0.3, -0.25) is 0 Å². The van der Waals surface area contributed by atoms with Gasteiger partial charge in [0.15, 0.2) is 0 Å². The largest absolute Gasteiger partial charge is 0.497 e. The second-order valence-electron chi connectivity index (χ2n) is 5.52. The van der Waals surface area contributed by atoms with Crippen LogP contribution >= 0.6 is 0 Å². The number of nitrogens with two attached hydrogens (primary N) is 1. The first-order chi connectivity index (χ1) is 9.10. The van der Waals surface area contributed by atoms with Crippen molar-refractivity contribution >= 4 is 0 Å². The van der Waals surface area contributed by atoms with Gasteiger partial charge in [-0.15, -0.1) is 0 Å². The van der Waals surface area contributed by atoms with E-state index in [2.05, 4.69) is 30.0 Å². The topological polar surface area (TPSA) is 41.7 Å². The molecule has 0 spiro atoms. The van der Waals surface area contributed by atoms with Crippen LogP contribution in [0.15, 0.2) is 24.3 Å². The second kappa shape index (κ2) is 6.37. The molecular weight excluding hydrogens is 238 g/mol. The Bertz CT molecular complexity index is 410. The molecule has 0 saturated carbocycles. The van der Waals surface area contributed by atoms with Crippen LogP contribution in [-0.2, 0) is 0 Å². The molecule has 0 aromatic heterocycles. The lowest BCUT2D eigenvalue weighted by Crippen LogP contribution is -2.50. The molecule has 1 saturated heterocycles. The van der Waals surface area contributed by atoms with Crippen LogP contribution < -0.4 is 10.5 Å². The Labute approximate surface area is 116 Å². The average Bonchev–Trinajstić information content (AvgIpc) is 2.43. The predicted octanol–water partition coefficient (Wildman–Crippen LogP) is 1.33. The van der Waals surface area contributed by atoms with E-state index in [4.69, 9.17) is 10.5 Å². The Hall–Kier alpha value is -1.10. The molecule has 2 unspecified atom stereocenters. The maximum atomic E-state index is 6.36. The van der Waals surface area contributed by atoms with Crippen LogP contribution in [0.4, 0.5) is 0 Å². The summed E-state index contributed by atoms with van der Waals surface area (Å²) in [4.78, 5) is 4.79. The zero-order valence-corrected chi connectivity index (χ0v) is 12.2. The molecule has 2 rings (SSSR count). The minimum absolute atomic E-state index is 0.0639. The van der Waals surface area contributed by atoms with E-state index < -0.39 is 0 Å². The van der Waals surface area contributed by atoms with Crippen molar-refractivity contribution in [3.63, 3.8) is 0 Å². The van der Waals surface area contributed by atoms with Gasteiger partial charge < -0.3 is 20.3 Å². The van der Waals surface area contributed by atoms with E-state index in [-0.39, 0.29) is 6.04 Å². The first-order valence-corrected chi connectivity index (χ1v) is 6.88. The van der Waals surface area contributed by atoms with Crippen molar-refractivity contribution < 1.29 is 4.74 Å². The molecule has 0 bridgehead atoms. The molecule has 106 valence electrons. The number of methoxy groups -OCH3 is 1. The van der Waals surface area contributed by atoms with Crippen LogP contribution in [0.2, 0.25) is 0 Å². The van der Waals surface area contributed by atoms with Crippen LogP contribution in [0.3, 0.4) is 0 Å². The maximum absolute atomic E-state index is 6.36. The molecule has 19 heavy (non-hydrogen) atoms. The van der Waals surface area contributed by atoms with Gasteiger partial charge in [0, 0.05) is 31.7 Å². The molecule has 1 aliphatic rings. The van der Waals surface area contributed by atoms with Gasteiger partial charge in [-0.25, -0.2) is 0 Å². The molecule has 2 N–H and O–H groups in total. The highest BCUT2D eigenvalue weighted by Gasteiger charge is 2.24. The second-order valence-corrected chi connectivity index (χ2v) is 5.52. The highest BCUT2D eigenvalue weighted by molar-refractivity contribution is 5.30. The smallest absolute Gasteiger partial charge is 0.119 e. The summed E-state index contributed by atoms with van der Waals surface area (Å²) in [5.41, 5.74) is 7.51. The molecule has 1 fully saturated rings. The fourth-order valence-corrected chi connectivity index (χ4v) is 2.66. The maximum Gasteiger partial charge on any atom is 0.119 e. The third-order valence-electron chi connectivity index (χ3n) is 4.03. The lowest BCUT2D eigenvalue weighted by Gasteiger charge is -2.38. The Balaban J connectivity index is 2.01. The fraction of sp³-hybridized carbons (Fsp3) is 0.600. The van der Waals surface area contributed by atoms with E-state index in [1.54, 1.807) is 7.11 Å². The Morgan fingerprint density at radius 1 is 1.37 bits per heavy atom. The number of benzene rings is 1. The summed E-state index contributed by atoms with van der Waals surface area (Å²) in [6, 6.07) is 8.67. The van der Waals surface area contributed by atoms with Gasteiger partial charge in [0.05, 0.1) is 7.11 Å². The van der Waals surface area contributed by atoms with E-state index >= 15 is 0 Å². The van der Waals surface area contributed by atoms with Gasteiger partial charge in [0.2, 0.25) is 0 Å². The van der Waals surface area contributed by atoms with E-state index in [1.807, 2.05) is 18.2 Å². The summed E-state index contributed by atoms with van der Waals surface area (Å²) >= 11 is 0. The molecule has 4 nitrogen and oxygen atoms in total. The van der Waals surface area contributed by atoms with E-state index in [0.717, 1.165) is 37.4 Å². The molecule has 1 aliphatic heterocycles. The summed E-state index contributed by atoms with van der Waals surface area (Å²) in [5, 5.41) is 0. The average molecular weight is 263 g/mol. The van der Waals surface area contributed by atoms with Crippen LogP contribution in [-0.4, -0.2) is 56.7 Å². The number of hydrogen-bond donors (Lipinski definition) is 1. The third-order valence-corrected chi connectivity index (χ3v) is 4.03. The Morgan fingerprint density at radius 3 is 2.89 bits per heavy atom. The number of hydrogen-bond acceptors (Lipinski definition) is 4. The number of rotatable bonds is 4. The predicted molar refractivity (Wildman–Crippen MR) is 78.5 cm³/mol. The highest BCUT2D eigenvalue weighted by Crippen LogP contribution is 2.23. The summed E-state index contributed by atoms with van der Waals surface area (Å²) in [6.07, 6.45) is 0.980. The molecular formula is C15H25N3O. The monoisotopic (exact) mass is 263 g/mol. The Morgan fingerprint density at radius 2 is 2.16 bits per heavy atom. The summed E-state index contributed by atoms with van der Waals surface area (Å²) in [5.74, 6) is 0.877. The molecule has 1 aromatic rings. The van der Waals surface area contributed by atoms with E-state index in [1.165, 1.54) is 0 Å². The van der Waals surface area contributed by atoms with Crippen molar-refractivity contribution in [3.8, 4) is 5.75 Å². The van der Waals surface area contributed by atoms with Gasteiger partial charge in [0.1, 0.15) is 5.75 Å². The van der Waals surface area contributed by atoms with E-state index in [9.17, 15) is 0 Å². The number of likely N-dealkylation sites (N-methyl/N-ethyl adjacent to an activating group) is 2. The SMILES string of the molecule is COc1cccc(C(N)CC2CN(C)CCN2C)c1. The molecule has 2 atom stereocenters. The number of piperazine rings is 1. The Kier molecular flexibility index (Phi) is 4.80. The minimum atomic E-state index is 0.0639. The normalized spacial score (nSPS) is 23.3. The van der Waals surface area contributed by atoms with Crippen molar-refractivity contribution in [1.29, 1.82) is 0 Å². The van der Waals surface area contributed by atoms with E-state index in [0.29, 0.717) is 6.04 Å². The van der Waals surface area contributed by atoms with Gasteiger partial charge in [-0.2, -0.15) is 0 Å². The zero-order chi connectivity index (χ0) is 13.8. The number of ether oxygens (including phenoxy) is 1. The number of nitrogens with zero attached hydrogens (tertiary/aromatic N) is 2. The van der Waals surface area contributed by atoms with Crippen molar-refractivity contribution in [2.45, 2.75) is 18.5 Å². The van der Waals surface area contributed by atoms with Crippen molar-refractivity contribution in [1.82, 2.24) is 9.80 Å². The summed E-state index contributed by atoms with van der Waals surface area (Å²) in [6.45, 7) is 3.35. The third kappa shape index (κ3) is 3.69. The minimum Gasteiger partial charge on any atom is -0.497 e. The molecule has 1 heterocycles. The van der Waals surface area contributed by atoms with Gasteiger partial charge in [0.25, 0.3) is 0 Å². The lowest BCUT2D eigenvalue weighted by atomic mass is 9.98. The van der Waals surface area contributed by atoms with Crippen LogP contribution in [0, 0.1) is 0 Å². The van der Waals surface area contributed by atoms with Crippen molar-refractivity contribution in [2.75, 3.05) is 40.8 Å². The molecule has 0 aliphatic carbocycles. The van der Waals surface area contributed by atoms with Gasteiger partial charge in [-0.05, 0) is 38.2 Å². The first kappa shape index (κ1) is 14.3. The van der Waals surface area contributed by atoms with Crippen molar-refractivity contribution in [3.05, 3.63) is 29.8 Å². The first-order valence-electron chi connectivity index (χ1n) is 6.88. The summed E-state index contributed by atoms with van der Waals surface area (Å²) < 4.78 is 5.26. The standard InChI is InChI=1S/C15H25N3O/c1-17-7-8-18(2)13(11-17)10-15(16)12-5-4-6-14(9-12)19-3/h4-6,9,13,15H,7-8,10-11,16H2,1-3H3. The molecule has 0 amide bonds. The van der Waals surface area contributed by atoms with Gasteiger partial charge >= 0.3 is 0 Å². The van der Waals surface area contributed by atoms with Gasteiger partial charge in [-0.1, -0.05) is 12.1 Å². The van der Waals surface area contributed by atoms with Crippen LogP contribution in [0.5, 0.6) is 5.75 Å². The zero-order valence-electron chi connectivity index (χ0n) is 12.2. The molecule has 4 heteroatoms. The summed E-state index contributed by atoms with van der Waals surface area (Å²) in [7, 11) is 6.06. The van der Waals surface area contributed by atoms with Crippen molar-refractivity contribution in [2.24, 2.45) is 5.73 Å².